The van der Waals surface area contributed by atoms with E-state index in [2.05, 4.69) is 20.9 Å². The lowest BCUT2D eigenvalue weighted by atomic mass is 10.5. The van der Waals surface area contributed by atoms with Gasteiger partial charge in [-0.3, -0.25) is 0 Å². The predicted molar refractivity (Wildman–Crippen MR) is 63.0 cm³/mol. The Morgan fingerprint density at radius 1 is 1.69 bits per heavy atom. The third-order valence-corrected chi connectivity index (χ3v) is 3.90. The molecule has 1 atom stereocenters. The average Bonchev–Trinajstić information content (AvgIpc) is 2.09. The van der Waals surface area contributed by atoms with E-state index < -0.39 is 0 Å². The van der Waals surface area contributed by atoms with Gasteiger partial charge in [-0.05, 0) is 22.0 Å². The second kappa shape index (κ2) is 5.44. The molecule has 1 aromatic rings. The zero-order valence-electron chi connectivity index (χ0n) is 6.93. The second-order valence-corrected chi connectivity index (χ2v) is 5.58. The zero-order chi connectivity index (χ0) is 9.84. The van der Waals surface area contributed by atoms with Gasteiger partial charge in [-0.15, -0.1) is 23.4 Å². The Kier molecular flexibility index (Phi) is 4.87. The molecule has 0 radical (unpaired) electrons. The molecule has 0 saturated carbocycles. The van der Waals surface area contributed by atoms with Gasteiger partial charge >= 0.3 is 0 Å². The van der Waals surface area contributed by atoms with Crippen molar-refractivity contribution in [3.8, 4) is 0 Å². The van der Waals surface area contributed by atoms with Gasteiger partial charge in [-0.2, -0.15) is 0 Å². The van der Waals surface area contributed by atoms with Crippen LogP contribution in [0.3, 0.4) is 0 Å². The SMILES string of the molecule is CC(CCl)Sc1ncc(Br)cc1Cl. The van der Waals surface area contributed by atoms with E-state index in [9.17, 15) is 0 Å². The fourth-order valence-electron chi connectivity index (χ4n) is 0.711. The van der Waals surface area contributed by atoms with Crippen molar-refractivity contribution in [1.29, 1.82) is 0 Å². The zero-order valence-corrected chi connectivity index (χ0v) is 10.8. The standard InChI is InChI=1S/C8H8BrCl2NS/c1-5(3-10)13-8-7(11)2-6(9)4-12-8/h2,4-5H,3H2,1H3. The summed E-state index contributed by atoms with van der Waals surface area (Å²) in [6, 6.07) is 1.83. The quantitative estimate of drug-likeness (QED) is 0.612. The molecule has 0 aliphatic heterocycles. The van der Waals surface area contributed by atoms with Gasteiger partial charge < -0.3 is 0 Å². The van der Waals surface area contributed by atoms with E-state index in [0.717, 1.165) is 9.50 Å². The highest BCUT2D eigenvalue weighted by molar-refractivity contribution is 9.10. The van der Waals surface area contributed by atoms with Crippen molar-refractivity contribution in [2.45, 2.75) is 17.2 Å². The van der Waals surface area contributed by atoms with Crippen molar-refractivity contribution in [3.05, 3.63) is 21.8 Å². The fourth-order valence-corrected chi connectivity index (χ4v) is 2.39. The number of nitrogens with zero attached hydrogens (tertiary/aromatic N) is 1. The lowest BCUT2D eigenvalue weighted by Crippen LogP contribution is -1.97. The van der Waals surface area contributed by atoms with Crippen molar-refractivity contribution in [3.63, 3.8) is 0 Å². The van der Waals surface area contributed by atoms with E-state index >= 15 is 0 Å². The van der Waals surface area contributed by atoms with Gasteiger partial charge in [0.2, 0.25) is 0 Å². The summed E-state index contributed by atoms with van der Waals surface area (Å²) in [6.07, 6.45) is 1.73. The minimum Gasteiger partial charge on any atom is -0.247 e. The van der Waals surface area contributed by atoms with E-state index in [4.69, 9.17) is 23.2 Å². The van der Waals surface area contributed by atoms with Crippen molar-refractivity contribution in [1.82, 2.24) is 4.98 Å². The lowest BCUT2D eigenvalue weighted by molar-refractivity contribution is 1.07. The van der Waals surface area contributed by atoms with Crippen LogP contribution in [0.5, 0.6) is 0 Å². The Hall–Kier alpha value is 0.560. The molecule has 1 aromatic heterocycles. The molecule has 0 fully saturated rings. The number of hydrogen-bond donors (Lipinski definition) is 0. The second-order valence-electron chi connectivity index (χ2n) is 2.52. The predicted octanol–water partition coefficient (Wildman–Crippen LogP) is 4.22. The van der Waals surface area contributed by atoms with Crippen molar-refractivity contribution in [2.75, 3.05) is 5.88 Å². The van der Waals surface area contributed by atoms with E-state index in [0.29, 0.717) is 16.2 Å². The Morgan fingerprint density at radius 2 is 2.38 bits per heavy atom. The van der Waals surface area contributed by atoms with Gasteiger partial charge in [0.25, 0.3) is 0 Å². The average molecular weight is 301 g/mol. The Balaban J connectivity index is 2.77. The van der Waals surface area contributed by atoms with Crippen molar-refractivity contribution < 1.29 is 0 Å². The van der Waals surface area contributed by atoms with E-state index in [1.165, 1.54) is 0 Å². The van der Waals surface area contributed by atoms with Crippen LogP contribution in [0, 0.1) is 0 Å². The Morgan fingerprint density at radius 3 is 2.92 bits per heavy atom. The minimum atomic E-state index is 0.327. The number of thioether (sulfide) groups is 1. The van der Waals surface area contributed by atoms with Crippen LogP contribution >= 0.6 is 50.9 Å². The first-order chi connectivity index (χ1) is 6.13. The maximum Gasteiger partial charge on any atom is 0.115 e. The Bertz CT molecular complexity index is 295. The highest BCUT2D eigenvalue weighted by Gasteiger charge is 2.08. The number of hydrogen-bond acceptors (Lipinski definition) is 2. The number of alkyl halides is 1. The van der Waals surface area contributed by atoms with Crippen molar-refractivity contribution >= 4 is 50.9 Å². The topological polar surface area (TPSA) is 12.9 Å². The van der Waals surface area contributed by atoms with Gasteiger partial charge in [-0.25, -0.2) is 4.98 Å². The van der Waals surface area contributed by atoms with Crippen LogP contribution in [0.1, 0.15) is 6.92 Å². The minimum absolute atomic E-state index is 0.327. The molecular weight excluding hydrogens is 293 g/mol. The molecule has 1 nitrogen and oxygen atoms in total. The fraction of sp³-hybridized carbons (Fsp3) is 0.375. The molecule has 0 saturated heterocycles. The van der Waals surface area contributed by atoms with Crippen molar-refractivity contribution in [2.24, 2.45) is 0 Å². The number of aromatic nitrogens is 1. The lowest BCUT2D eigenvalue weighted by Gasteiger charge is -2.07. The first-order valence-corrected chi connectivity index (χ1v) is 6.25. The summed E-state index contributed by atoms with van der Waals surface area (Å²) in [5.74, 6) is 0.596. The molecule has 1 rings (SSSR count). The molecule has 13 heavy (non-hydrogen) atoms. The summed E-state index contributed by atoms with van der Waals surface area (Å²) >= 11 is 16.5. The molecule has 1 heterocycles. The van der Waals surface area contributed by atoms with Crippen LogP contribution in [0.4, 0.5) is 0 Å². The first-order valence-electron chi connectivity index (χ1n) is 3.67. The van der Waals surface area contributed by atoms with Crippen LogP contribution in [0.2, 0.25) is 5.02 Å². The molecule has 0 aliphatic rings. The smallest absolute Gasteiger partial charge is 0.115 e. The molecule has 0 N–H and O–H groups in total. The Labute approximate surface area is 100 Å². The maximum absolute atomic E-state index is 5.97. The maximum atomic E-state index is 5.97. The third-order valence-electron chi connectivity index (χ3n) is 1.30. The van der Waals surface area contributed by atoms with E-state index in [-0.39, 0.29) is 0 Å². The summed E-state index contributed by atoms with van der Waals surface area (Å²) in [6.45, 7) is 2.04. The largest absolute Gasteiger partial charge is 0.247 e. The van der Waals surface area contributed by atoms with Gasteiger partial charge in [0.15, 0.2) is 0 Å². The summed E-state index contributed by atoms with van der Waals surface area (Å²) in [5.41, 5.74) is 0. The number of halogens is 3. The van der Waals surface area contributed by atoms with Crippen LogP contribution < -0.4 is 0 Å². The third kappa shape index (κ3) is 3.66. The molecule has 0 aliphatic carbocycles. The highest BCUT2D eigenvalue weighted by Crippen LogP contribution is 2.30. The molecular formula is C8H8BrCl2NS. The molecule has 72 valence electrons. The van der Waals surface area contributed by atoms with Gasteiger partial charge in [0.1, 0.15) is 5.03 Å². The molecule has 0 amide bonds. The monoisotopic (exact) mass is 299 g/mol. The summed E-state index contributed by atoms with van der Waals surface area (Å²) in [4.78, 5) is 4.19. The normalized spacial score (nSPS) is 12.9. The molecule has 0 spiro atoms. The molecule has 0 aromatic carbocycles. The van der Waals surface area contributed by atoms with Crippen LogP contribution in [0.25, 0.3) is 0 Å². The summed E-state index contributed by atoms with van der Waals surface area (Å²) in [5, 5.41) is 1.82. The van der Waals surface area contributed by atoms with Crippen LogP contribution in [-0.2, 0) is 0 Å². The van der Waals surface area contributed by atoms with Crippen LogP contribution in [-0.4, -0.2) is 16.1 Å². The summed E-state index contributed by atoms with van der Waals surface area (Å²) < 4.78 is 0.889. The van der Waals surface area contributed by atoms with E-state index in [1.54, 1.807) is 18.0 Å². The van der Waals surface area contributed by atoms with Gasteiger partial charge in [0, 0.05) is 21.8 Å². The number of rotatable bonds is 3. The first kappa shape index (κ1) is 11.6. The molecule has 5 heteroatoms. The highest BCUT2D eigenvalue weighted by atomic mass is 79.9. The number of pyridine rings is 1. The van der Waals surface area contributed by atoms with E-state index in [1.807, 2.05) is 13.0 Å². The van der Waals surface area contributed by atoms with Crippen LogP contribution in [0.15, 0.2) is 21.8 Å². The van der Waals surface area contributed by atoms with Gasteiger partial charge in [0.05, 0.1) is 5.02 Å². The summed E-state index contributed by atoms with van der Waals surface area (Å²) in [7, 11) is 0. The molecule has 1 unspecified atom stereocenters. The molecule has 0 bridgehead atoms. The van der Waals surface area contributed by atoms with Gasteiger partial charge in [-0.1, -0.05) is 18.5 Å².